The van der Waals surface area contributed by atoms with Crippen molar-refractivity contribution in [1.82, 2.24) is 9.59 Å². The first-order valence-electron chi connectivity index (χ1n) is 5.05. The largest absolute Gasteiger partial charge is 0.323 e. The number of nitrogens with two attached hydrogens (primary N) is 1. The van der Waals surface area contributed by atoms with Gasteiger partial charge in [-0.05, 0) is 18.0 Å². The summed E-state index contributed by atoms with van der Waals surface area (Å²) in [5, 5.41) is 4.18. The summed E-state index contributed by atoms with van der Waals surface area (Å²) in [7, 11) is 0. The van der Waals surface area contributed by atoms with E-state index in [1.165, 1.54) is 11.5 Å². The first-order chi connectivity index (χ1) is 6.46. The highest BCUT2D eigenvalue weighted by Gasteiger charge is 2.24. The van der Waals surface area contributed by atoms with Gasteiger partial charge in [0.2, 0.25) is 0 Å². The summed E-state index contributed by atoms with van der Waals surface area (Å²) in [6.07, 6.45) is 2.11. The van der Waals surface area contributed by atoms with Crippen LogP contribution in [-0.2, 0) is 5.41 Å². The van der Waals surface area contributed by atoms with Gasteiger partial charge in [0.25, 0.3) is 0 Å². The summed E-state index contributed by atoms with van der Waals surface area (Å²) >= 11 is 1.44. The predicted octanol–water partition coefficient (Wildman–Crippen LogP) is 2.64. The fourth-order valence-electron chi connectivity index (χ4n) is 1.40. The summed E-state index contributed by atoms with van der Waals surface area (Å²) in [6.45, 7) is 8.58. The second-order valence-electron chi connectivity index (χ2n) is 4.63. The van der Waals surface area contributed by atoms with Crippen molar-refractivity contribution in [3.8, 4) is 0 Å². The maximum atomic E-state index is 6.08. The smallest absolute Gasteiger partial charge is 0.0856 e. The van der Waals surface area contributed by atoms with Crippen LogP contribution in [0.5, 0.6) is 0 Å². The maximum Gasteiger partial charge on any atom is 0.0856 e. The van der Waals surface area contributed by atoms with Crippen LogP contribution in [0.3, 0.4) is 0 Å². The topological polar surface area (TPSA) is 51.8 Å². The van der Waals surface area contributed by atoms with E-state index >= 15 is 0 Å². The molecule has 0 aliphatic carbocycles. The van der Waals surface area contributed by atoms with Crippen LogP contribution < -0.4 is 5.73 Å². The van der Waals surface area contributed by atoms with E-state index in [-0.39, 0.29) is 11.5 Å². The maximum absolute atomic E-state index is 6.08. The van der Waals surface area contributed by atoms with E-state index in [0.717, 1.165) is 23.4 Å². The van der Waals surface area contributed by atoms with Crippen LogP contribution >= 0.6 is 11.5 Å². The van der Waals surface area contributed by atoms with E-state index in [2.05, 4.69) is 37.3 Å². The third-order valence-corrected chi connectivity index (χ3v) is 3.02. The molecule has 0 amide bonds. The highest BCUT2D eigenvalue weighted by Crippen LogP contribution is 2.30. The molecule has 14 heavy (non-hydrogen) atoms. The zero-order valence-electron chi connectivity index (χ0n) is 9.37. The zero-order valence-corrected chi connectivity index (χ0v) is 10.2. The Morgan fingerprint density at radius 3 is 2.57 bits per heavy atom. The van der Waals surface area contributed by atoms with Gasteiger partial charge in [-0.3, -0.25) is 0 Å². The van der Waals surface area contributed by atoms with Crippen LogP contribution in [0.1, 0.15) is 57.1 Å². The van der Waals surface area contributed by atoms with Gasteiger partial charge in [-0.2, -0.15) is 0 Å². The van der Waals surface area contributed by atoms with Crippen molar-refractivity contribution in [2.45, 2.75) is 52.0 Å². The van der Waals surface area contributed by atoms with E-state index in [9.17, 15) is 0 Å². The molecule has 1 heterocycles. The minimum atomic E-state index is 0.0493. The molecular formula is C10H19N3S. The Labute approximate surface area is 89.9 Å². The van der Waals surface area contributed by atoms with Gasteiger partial charge in [0.05, 0.1) is 10.6 Å². The Balaban J connectivity index is 2.93. The van der Waals surface area contributed by atoms with E-state index in [0.29, 0.717) is 0 Å². The number of hydrogen-bond donors (Lipinski definition) is 1. The van der Waals surface area contributed by atoms with Crippen LogP contribution in [0.25, 0.3) is 0 Å². The fraction of sp³-hybridized carbons (Fsp3) is 0.800. The molecule has 1 aromatic heterocycles. The molecule has 4 heteroatoms. The summed E-state index contributed by atoms with van der Waals surface area (Å²) in [6, 6.07) is 0.106. The van der Waals surface area contributed by atoms with Crippen LogP contribution in [-0.4, -0.2) is 9.59 Å². The van der Waals surface area contributed by atoms with Crippen molar-refractivity contribution in [1.29, 1.82) is 0 Å². The van der Waals surface area contributed by atoms with Crippen LogP contribution in [0.4, 0.5) is 0 Å². The first-order valence-corrected chi connectivity index (χ1v) is 5.82. The lowest BCUT2D eigenvalue weighted by Crippen LogP contribution is -2.18. The van der Waals surface area contributed by atoms with Crippen LogP contribution in [0, 0.1) is 0 Å². The molecular weight excluding hydrogens is 194 g/mol. The van der Waals surface area contributed by atoms with Gasteiger partial charge in [0, 0.05) is 11.5 Å². The standard InChI is InChI=1S/C10H19N3S/c1-5-6-7(11)8-9(10(2,3)4)12-13-14-8/h7H,5-6,11H2,1-4H3. The Hall–Kier alpha value is -0.480. The Morgan fingerprint density at radius 2 is 2.07 bits per heavy atom. The second kappa shape index (κ2) is 4.36. The lowest BCUT2D eigenvalue weighted by Gasteiger charge is -2.19. The molecule has 0 aromatic carbocycles. The van der Waals surface area contributed by atoms with E-state index in [4.69, 9.17) is 5.73 Å². The van der Waals surface area contributed by atoms with Gasteiger partial charge in [0.1, 0.15) is 0 Å². The Kier molecular flexibility index (Phi) is 3.61. The number of nitrogens with zero attached hydrogens (tertiary/aromatic N) is 2. The van der Waals surface area contributed by atoms with Crippen molar-refractivity contribution in [3.05, 3.63) is 10.6 Å². The molecule has 0 aliphatic heterocycles. The van der Waals surface area contributed by atoms with E-state index < -0.39 is 0 Å². The quantitative estimate of drug-likeness (QED) is 0.839. The summed E-state index contributed by atoms with van der Waals surface area (Å²) in [5.41, 5.74) is 7.19. The molecule has 1 aromatic rings. The molecule has 1 rings (SSSR count). The molecule has 1 unspecified atom stereocenters. The monoisotopic (exact) mass is 213 g/mol. The minimum Gasteiger partial charge on any atom is -0.323 e. The molecule has 0 radical (unpaired) electrons. The summed E-state index contributed by atoms with van der Waals surface area (Å²) < 4.78 is 4.00. The molecule has 1 atom stereocenters. The average Bonchev–Trinajstić information content (AvgIpc) is 2.50. The molecule has 80 valence electrons. The van der Waals surface area contributed by atoms with Crippen molar-refractivity contribution in [2.75, 3.05) is 0 Å². The molecule has 0 fully saturated rings. The fourth-order valence-corrected chi connectivity index (χ4v) is 2.30. The van der Waals surface area contributed by atoms with Crippen molar-refractivity contribution in [2.24, 2.45) is 5.73 Å². The second-order valence-corrected chi connectivity index (χ2v) is 5.42. The molecule has 0 aliphatic rings. The molecule has 0 bridgehead atoms. The molecule has 3 nitrogen and oxygen atoms in total. The zero-order chi connectivity index (χ0) is 10.8. The third kappa shape index (κ3) is 2.51. The normalized spacial score (nSPS) is 14.4. The van der Waals surface area contributed by atoms with E-state index in [1.807, 2.05) is 0 Å². The van der Waals surface area contributed by atoms with Gasteiger partial charge in [0.15, 0.2) is 0 Å². The number of aromatic nitrogens is 2. The van der Waals surface area contributed by atoms with Crippen LogP contribution in [0.15, 0.2) is 0 Å². The van der Waals surface area contributed by atoms with Crippen molar-refractivity contribution >= 4 is 11.5 Å². The van der Waals surface area contributed by atoms with Crippen molar-refractivity contribution < 1.29 is 0 Å². The number of hydrogen-bond acceptors (Lipinski definition) is 4. The van der Waals surface area contributed by atoms with Crippen molar-refractivity contribution in [3.63, 3.8) is 0 Å². The Bertz CT molecular complexity index is 288. The minimum absolute atomic E-state index is 0.0493. The molecule has 2 N–H and O–H groups in total. The summed E-state index contributed by atoms with van der Waals surface area (Å²) in [4.78, 5) is 1.15. The van der Waals surface area contributed by atoms with Gasteiger partial charge >= 0.3 is 0 Å². The number of rotatable bonds is 3. The highest BCUT2D eigenvalue weighted by atomic mass is 32.1. The van der Waals surface area contributed by atoms with Gasteiger partial charge < -0.3 is 5.73 Å². The third-order valence-electron chi connectivity index (χ3n) is 2.16. The average molecular weight is 213 g/mol. The predicted molar refractivity (Wildman–Crippen MR) is 60.4 cm³/mol. The highest BCUT2D eigenvalue weighted by molar-refractivity contribution is 7.05. The van der Waals surface area contributed by atoms with E-state index in [1.54, 1.807) is 0 Å². The van der Waals surface area contributed by atoms with Gasteiger partial charge in [-0.1, -0.05) is 38.6 Å². The van der Waals surface area contributed by atoms with Gasteiger partial charge in [-0.15, -0.1) is 5.10 Å². The van der Waals surface area contributed by atoms with Gasteiger partial charge in [-0.25, -0.2) is 0 Å². The first kappa shape index (κ1) is 11.6. The molecule has 0 spiro atoms. The SMILES string of the molecule is CCCC(N)c1snnc1C(C)(C)C. The lowest BCUT2D eigenvalue weighted by atomic mass is 9.89. The molecule has 0 saturated heterocycles. The summed E-state index contributed by atoms with van der Waals surface area (Å²) in [5.74, 6) is 0. The molecule has 0 saturated carbocycles. The Morgan fingerprint density at radius 1 is 1.43 bits per heavy atom. The lowest BCUT2D eigenvalue weighted by molar-refractivity contribution is 0.543. The van der Waals surface area contributed by atoms with Crippen LogP contribution in [0.2, 0.25) is 0 Å².